The molecule has 0 aliphatic carbocycles. The lowest BCUT2D eigenvalue weighted by Gasteiger charge is -2.37. The van der Waals surface area contributed by atoms with E-state index in [4.69, 9.17) is 0 Å². The maximum atomic E-state index is 12.9. The van der Waals surface area contributed by atoms with E-state index in [-0.39, 0.29) is 41.5 Å². The van der Waals surface area contributed by atoms with Gasteiger partial charge in [0.25, 0.3) is 0 Å². The molecule has 1 atom stereocenters. The number of alkyl halides is 3. The van der Waals surface area contributed by atoms with Gasteiger partial charge in [0.1, 0.15) is 5.54 Å². The standard InChI is InChI=1S/C19H24F3N3O5S/c1-30-16(28)13(11-26)24-17(29)18(6-8-23-9-7-18)25-15(27)10-12-4-2-3-5-14(12)31-19(20,21)22/h2-5,13,23,26H,6-11H2,1H3,(H,24,29)(H,25,27). The predicted molar refractivity (Wildman–Crippen MR) is 106 cm³/mol. The monoisotopic (exact) mass is 463 g/mol. The van der Waals surface area contributed by atoms with Gasteiger partial charge < -0.3 is 25.8 Å². The van der Waals surface area contributed by atoms with E-state index in [2.05, 4.69) is 20.7 Å². The van der Waals surface area contributed by atoms with Crippen LogP contribution in [0.3, 0.4) is 0 Å². The molecule has 1 unspecified atom stereocenters. The second-order valence-corrected chi connectivity index (χ2v) is 8.05. The van der Waals surface area contributed by atoms with Gasteiger partial charge in [-0.3, -0.25) is 9.59 Å². The molecule has 31 heavy (non-hydrogen) atoms. The Labute approximate surface area is 181 Å². The molecular formula is C19H24F3N3O5S. The van der Waals surface area contributed by atoms with Crippen molar-refractivity contribution < 1.29 is 37.4 Å². The highest BCUT2D eigenvalue weighted by molar-refractivity contribution is 8.00. The van der Waals surface area contributed by atoms with E-state index in [1.807, 2.05) is 0 Å². The first-order valence-corrected chi connectivity index (χ1v) is 10.3. The van der Waals surface area contributed by atoms with Gasteiger partial charge in [0.05, 0.1) is 20.1 Å². The zero-order chi connectivity index (χ0) is 23.1. The number of halogens is 3. The van der Waals surface area contributed by atoms with E-state index in [0.29, 0.717) is 13.1 Å². The fourth-order valence-electron chi connectivity index (χ4n) is 3.24. The number of piperidine rings is 1. The second kappa shape index (κ2) is 10.8. The Balaban J connectivity index is 2.17. The van der Waals surface area contributed by atoms with Crippen LogP contribution in [0.25, 0.3) is 0 Å². The second-order valence-electron chi connectivity index (χ2n) is 6.94. The molecule has 12 heteroatoms. The molecule has 2 amide bonds. The van der Waals surface area contributed by atoms with Crippen LogP contribution in [0.2, 0.25) is 0 Å². The van der Waals surface area contributed by atoms with Crippen molar-refractivity contribution >= 4 is 29.5 Å². The maximum absolute atomic E-state index is 12.9. The lowest BCUT2D eigenvalue weighted by atomic mass is 9.86. The van der Waals surface area contributed by atoms with Crippen molar-refractivity contribution in [2.75, 3.05) is 26.8 Å². The van der Waals surface area contributed by atoms with E-state index in [0.717, 1.165) is 7.11 Å². The van der Waals surface area contributed by atoms with Crippen LogP contribution in [0.5, 0.6) is 0 Å². The Kier molecular flexibility index (Phi) is 8.71. The number of aliphatic hydroxyl groups is 1. The molecule has 172 valence electrons. The van der Waals surface area contributed by atoms with Gasteiger partial charge in [0.2, 0.25) is 11.8 Å². The van der Waals surface area contributed by atoms with Crippen LogP contribution in [0, 0.1) is 0 Å². The molecule has 0 bridgehead atoms. The van der Waals surface area contributed by atoms with Crippen molar-refractivity contribution in [2.24, 2.45) is 0 Å². The van der Waals surface area contributed by atoms with Crippen LogP contribution in [0.1, 0.15) is 18.4 Å². The average Bonchev–Trinajstić information content (AvgIpc) is 2.72. The number of thioether (sulfide) groups is 1. The number of hydrogen-bond donors (Lipinski definition) is 4. The van der Waals surface area contributed by atoms with Gasteiger partial charge in [-0.2, -0.15) is 13.2 Å². The van der Waals surface area contributed by atoms with Gasteiger partial charge in [0.15, 0.2) is 6.04 Å². The van der Waals surface area contributed by atoms with Crippen molar-refractivity contribution in [3.63, 3.8) is 0 Å². The minimum atomic E-state index is -4.50. The van der Waals surface area contributed by atoms with Crippen molar-refractivity contribution in [3.05, 3.63) is 29.8 Å². The molecule has 1 saturated heterocycles. The number of aliphatic hydroxyl groups excluding tert-OH is 1. The van der Waals surface area contributed by atoms with E-state index in [9.17, 15) is 32.7 Å². The number of carbonyl (C=O) groups is 3. The number of rotatable bonds is 8. The molecule has 1 heterocycles. The summed E-state index contributed by atoms with van der Waals surface area (Å²) in [6.07, 6.45) is 0.0355. The normalized spacial score (nSPS) is 16.8. The molecule has 4 N–H and O–H groups in total. The SMILES string of the molecule is COC(=O)C(CO)NC(=O)C1(NC(=O)Cc2ccccc2SC(F)(F)F)CCNCC1. The number of ether oxygens (including phenoxy) is 1. The van der Waals surface area contributed by atoms with Gasteiger partial charge in [-0.1, -0.05) is 18.2 Å². The molecule has 0 spiro atoms. The Morgan fingerprint density at radius 1 is 1.26 bits per heavy atom. The smallest absolute Gasteiger partial charge is 0.446 e. The summed E-state index contributed by atoms with van der Waals surface area (Å²) in [4.78, 5) is 37.2. The summed E-state index contributed by atoms with van der Waals surface area (Å²) in [5.74, 6) is -2.15. The highest BCUT2D eigenvalue weighted by Gasteiger charge is 2.42. The van der Waals surface area contributed by atoms with E-state index < -0.39 is 41.5 Å². The molecular weight excluding hydrogens is 439 g/mol. The van der Waals surface area contributed by atoms with Crippen LogP contribution >= 0.6 is 11.8 Å². The summed E-state index contributed by atoms with van der Waals surface area (Å²) in [5.41, 5.74) is -5.71. The molecule has 1 aromatic carbocycles. The Hall–Kier alpha value is -2.31. The minimum Gasteiger partial charge on any atom is -0.467 e. The predicted octanol–water partition coefficient (Wildman–Crippen LogP) is 0.729. The molecule has 0 aromatic heterocycles. The van der Waals surface area contributed by atoms with Crippen LogP contribution in [0.4, 0.5) is 13.2 Å². The van der Waals surface area contributed by atoms with Gasteiger partial charge in [0, 0.05) is 4.90 Å². The van der Waals surface area contributed by atoms with Gasteiger partial charge in [-0.25, -0.2) is 4.79 Å². The fourth-order valence-corrected chi connectivity index (χ4v) is 3.91. The van der Waals surface area contributed by atoms with Crippen LogP contribution in [-0.4, -0.2) is 66.8 Å². The molecule has 0 radical (unpaired) electrons. The number of nitrogens with one attached hydrogen (secondary N) is 3. The molecule has 1 fully saturated rings. The molecule has 1 aromatic rings. The number of carbonyl (C=O) groups excluding carboxylic acids is 3. The van der Waals surface area contributed by atoms with Crippen molar-refractivity contribution in [1.29, 1.82) is 0 Å². The summed E-state index contributed by atoms with van der Waals surface area (Å²) < 4.78 is 42.9. The molecule has 1 aliphatic rings. The van der Waals surface area contributed by atoms with Gasteiger partial charge in [-0.15, -0.1) is 0 Å². The van der Waals surface area contributed by atoms with E-state index >= 15 is 0 Å². The topological polar surface area (TPSA) is 117 Å². The number of methoxy groups -OCH3 is 1. The molecule has 2 rings (SSSR count). The van der Waals surface area contributed by atoms with Gasteiger partial charge in [-0.05, 0) is 49.3 Å². The van der Waals surface area contributed by atoms with Crippen molar-refractivity contribution in [2.45, 2.75) is 41.2 Å². The Bertz CT molecular complexity index is 800. The third-order valence-corrected chi connectivity index (χ3v) is 5.64. The van der Waals surface area contributed by atoms with E-state index in [1.54, 1.807) is 0 Å². The number of benzene rings is 1. The zero-order valence-corrected chi connectivity index (χ0v) is 17.6. The molecule has 0 saturated carbocycles. The number of hydrogen-bond acceptors (Lipinski definition) is 7. The fraction of sp³-hybridized carbons (Fsp3) is 0.526. The van der Waals surface area contributed by atoms with Crippen LogP contribution in [-0.2, 0) is 25.5 Å². The van der Waals surface area contributed by atoms with Crippen LogP contribution in [0.15, 0.2) is 29.2 Å². The summed E-state index contributed by atoms with van der Waals surface area (Å²) >= 11 is -0.311. The molecule has 1 aliphatic heterocycles. The Morgan fingerprint density at radius 3 is 2.48 bits per heavy atom. The summed E-state index contributed by atoms with van der Waals surface area (Å²) in [7, 11) is 1.11. The lowest BCUT2D eigenvalue weighted by molar-refractivity contribution is -0.147. The zero-order valence-electron chi connectivity index (χ0n) is 16.8. The highest BCUT2D eigenvalue weighted by Crippen LogP contribution is 2.38. The summed E-state index contributed by atoms with van der Waals surface area (Å²) in [6.45, 7) is 0.106. The third kappa shape index (κ3) is 7.11. The van der Waals surface area contributed by atoms with Crippen molar-refractivity contribution in [1.82, 2.24) is 16.0 Å². The third-order valence-electron chi connectivity index (χ3n) is 4.79. The number of esters is 1. The van der Waals surface area contributed by atoms with Crippen molar-refractivity contribution in [3.8, 4) is 0 Å². The van der Waals surface area contributed by atoms with Gasteiger partial charge >= 0.3 is 11.5 Å². The first-order valence-electron chi connectivity index (χ1n) is 9.45. The Morgan fingerprint density at radius 2 is 1.90 bits per heavy atom. The lowest BCUT2D eigenvalue weighted by Crippen LogP contribution is -2.65. The first-order chi connectivity index (χ1) is 14.6. The quantitative estimate of drug-likeness (QED) is 0.332. The summed E-state index contributed by atoms with van der Waals surface area (Å²) in [6, 6.07) is 4.36. The minimum absolute atomic E-state index is 0.0972. The first kappa shape index (κ1) is 25.0. The van der Waals surface area contributed by atoms with Crippen LogP contribution < -0.4 is 16.0 Å². The molecule has 8 nitrogen and oxygen atoms in total. The maximum Gasteiger partial charge on any atom is 0.446 e. The summed E-state index contributed by atoms with van der Waals surface area (Å²) in [5, 5.41) is 17.4. The average molecular weight is 463 g/mol. The largest absolute Gasteiger partial charge is 0.467 e. The number of amides is 2. The highest BCUT2D eigenvalue weighted by atomic mass is 32.2. The van der Waals surface area contributed by atoms with E-state index in [1.165, 1.54) is 24.3 Å².